The number of furan rings is 1. The summed E-state index contributed by atoms with van der Waals surface area (Å²) in [5.74, 6) is 1.43. The van der Waals surface area contributed by atoms with Crippen LogP contribution >= 0.6 is 0 Å². The maximum atomic E-state index is 12.9. The molecule has 0 radical (unpaired) electrons. The molecule has 0 saturated heterocycles. The number of hydrogen-bond acceptors (Lipinski definition) is 3. The highest BCUT2D eigenvalue weighted by atomic mass is 16.3. The first-order chi connectivity index (χ1) is 10.8. The fourth-order valence-corrected chi connectivity index (χ4v) is 3.35. The molecule has 2 fully saturated rings. The van der Waals surface area contributed by atoms with E-state index in [-0.39, 0.29) is 5.91 Å². The number of carbonyl (C=O) groups excluding carboxylic acids is 1. The van der Waals surface area contributed by atoms with Gasteiger partial charge in [0.05, 0.1) is 12.8 Å². The Morgan fingerprint density at radius 3 is 2.82 bits per heavy atom. The van der Waals surface area contributed by atoms with E-state index in [9.17, 15) is 4.79 Å². The number of amides is 1. The highest BCUT2D eigenvalue weighted by Crippen LogP contribution is 2.39. The molecule has 0 spiro atoms. The van der Waals surface area contributed by atoms with Crippen molar-refractivity contribution in [3.8, 4) is 0 Å². The minimum Gasteiger partial charge on any atom is -0.467 e. The van der Waals surface area contributed by atoms with Gasteiger partial charge in [-0.05, 0) is 43.9 Å². The molecule has 0 aromatic carbocycles. The van der Waals surface area contributed by atoms with E-state index in [4.69, 9.17) is 4.42 Å². The van der Waals surface area contributed by atoms with Gasteiger partial charge in [-0.3, -0.25) is 9.89 Å². The Morgan fingerprint density at radius 2 is 2.14 bits per heavy atom. The summed E-state index contributed by atoms with van der Waals surface area (Å²) in [5.41, 5.74) is 1.65. The predicted octanol–water partition coefficient (Wildman–Crippen LogP) is 3.47. The summed E-state index contributed by atoms with van der Waals surface area (Å²) in [7, 11) is 0. The van der Waals surface area contributed by atoms with Crippen LogP contribution in [0.15, 0.2) is 28.9 Å². The molecule has 5 nitrogen and oxygen atoms in total. The highest BCUT2D eigenvalue weighted by Gasteiger charge is 2.31. The Hall–Kier alpha value is -2.04. The lowest BCUT2D eigenvalue weighted by molar-refractivity contribution is 0.0643. The van der Waals surface area contributed by atoms with Crippen LogP contribution in [0.4, 0.5) is 0 Å². The predicted molar refractivity (Wildman–Crippen MR) is 81.4 cm³/mol. The van der Waals surface area contributed by atoms with E-state index in [2.05, 4.69) is 10.2 Å². The lowest BCUT2D eigenvalue weighted by Gasteiger charge is -2.27. The van der Waals surface area contributed by atoms with Crippen molar-refractivity contribution in [2.45, 2.75) is 57.0 Å². The van der Waals surface area contributed by atoms with Gasteiger partial charge < -0.3 is 9.32 Å². The first-order valence-corrected chi connectivity index (χ1v) is 8.20. The van der Waals surface area contributed by atoms with Crippen molar-refractivity contribution in [1.29, 1.82) is 0 Å². The van der Waals surface area contributed by atoms with E-state index >= 15 is 0 Å². The SMILES string of the molecule is O=C(c1cc(C2CC2)[nH]n1)N(Cc1ccco1)C1CCCC1. The molecular formula is C17H21N3O2. The van der Waals surface area contributed by atoms with E-state index in [0.717, 1.165) is 24.3 Å². The molecule has 2 aromatic rings. The first-order valence-electron chi connectivity index (χ1n) is 8.20. The Morgan fingerprint density at radius 1 is 1.32 bits per heavy atom. The van der Waals surface area contributed by atoms with E-state index in [0.29, 0.717) is 24.2 Å². The summed E-state index contributed by atoms with van der Waals surface area (Å²) in [4.78, 5) is 14.9. The second-order valence-electron chi connectivity index (χ2n) is 6.43. The molecule has 116 valence electrons. The second-order valence-corrected chi connectivity index (χ2v) is 6.43. The van der Waals surface area contributed by atoms with Crippen molar-refractivity contribution >= 4 is 5.91 Å². The first kappa shape index (κ1) is 13.6. The van der Waals surface area contributed by atoms with Gasteiger partial charge in [0.2, 0.25) is 0 Å². The molecule has 1 amide bonds. The molecule has 0 unspecified atom stereocenters. The van der Waals surface area contributed by atoms with Crippen LogP contribution in [-0.4, -0.2) is 27.0 Å². The minimum absolute atomic E-state index is 0.0199. The van der Waals surface area contributed by atoms with E-state index in [1.165, 1.54) is 25.7 Å². The van der Waals surface area contributed by atoms with Gasteiger partial charge in [-0.1, -0.05) is 12.8 Å². The van der Waals surface area contributed by atoms with Gasteiger partial charge in [-0.15, -0.1) is 0 Å². The molecular weight excluding hydrogens is 278 g/mol. The van der Waals surface area contributed by atoms with Crippen LogP contribution in [0.1, 0.15) is 66.4 Å². The van der Waals surface area contributed by atoms with Crippen molar-refractivity contribution in [2.24, 2.45) is 0 Å². The van der Waals surface area contributed by atoms with Crippen molar-refractivity contribution in [2.75, 3.05) is 0 Å². The number of aromatic nitrogens is 2. The smallest absolute Gasteiger partial charge is 0.275 e. The third-order valence-corrected chi connectivity index (χ3v) is 4.77. The summed E-state index contributed by atoms with van der Waals surface area (Å²) in [6.45, 7) is 0.530. The molecule has 2 saturated carbocycles. The summed E-state index contributed by atoms with van der Waals surface area (Å²) in [6, 6.07) is 6.03. The van der Waals surface area contributed by atoms with Crippen molar-refractivity contribution in [3.63, 3.8) is 0 Å². The van der Waals surface area contributed by atoms with Gasteiger partial charge in [-0.25, -0.2) is 0 Å². The van der Waals surface area contributed by atoms with Gasteiger partial charge in [0.25, 0.3) is 5.91 Å². The van der Waals surface area contributed by atoms with Crippen LogP contribution in [0.5, 0.6) is 0 Å². The van der Waals surface area contributed by atoms with Crippen molar-refractivity contribution < 1.29 is 9.21 Å². The average Bonchev–Trinajstić information content (AvgIpc) is 3.02. The summed E-state index contributed by atoms with van der Waals surface area (Å²) < 4.78 is 5.44. The Bertz CT molecular complexity index is 637. The van der Waals surface area contributed by atoms with Gasteiger partial charge in [0.1, 0.15) is 11.5 Å². The summed E-state index contributed by atoms with van der Waals surface area (Å²) in [6.07, 6.45) is 8.61. The Kier molecular flexibility index (Phi) is 3.48. The number of H-pyrrole nitrogens is 1. The van der Waals surface area contributed by atoms with Crippen molar-refractivity contribution in [3.05, 3.63) is 41.6 Å². The lowest BCUT2D eigenvalue weighted by Crippen LogP contribution is -2.38. The molecule has 4 rings (SSSR count). The van der Waals surface area contributed by atoms with E-state index < -0.39 is 0 Å². The molecule has 1 N–H and O–H groups in total. The van der Waals surface area contributed by atoms with Gasteiger partial charge in [0.15, 0.2) is 0 Å². The molecule has 22 heavy (non-hydrogen) atoms. The molecule has 0 aliphatic heterocycles. The maximum absolute atomic E-state index is 12.9. The maximum Gasteiger partial charge on any atom is 0.275 e. The number of aromatic amines is 1. The zero-order valence-electron chi connectivity index (χ0n) is 12.6. The number of hydrogen-bond donors (Lipinski definition) is 1. The zero-order valence-corrected chi connectivity index (χ0v) is 12.6. The van der Waals surface area contributed by atoms with Crippen LogP contribution in [0.25, 0.3) is 0 Å². The molecule has 0 bridgehead atoms. The standard InChI is InChI=1S/C17H21N3O2/c21-17(16-10-15(18-19-16)12-7-8-12)20(13-4-1-2-5-13)11-14-6-3-9-22-14/h3,6,9-10,12-13H,1-2,4-5,7-8,11H2,(H,18,19). The largest absolute Gasteiger partial charge is 0.467 e. The monoisotopic (exact) mass is 299 g/mol. The van der Waals surface area contributed by atoms with Crippen LogP contribution in [0.2, 0.25) is 0 Å². The number of rotatable bonds is 5. The molecule has 2 heterocycles. The molecule has 5 heteroatoms. The lowest BCUT2D eigenvalue weighted by atomic mass is 10.1. The fourth-order valence-electron chi connectivity index (χ4n) is 3.35. The van der Waals surface area contributed by atoms with Crippen LogP contribution in [-0.2, 0) is 6.54 Å². The summed E-state index contributed by atoms with van der Waals surface area (Å²) in [5, 5.41) is 7.28. The van der Waals surface area contributed by atoms with Gasteiger partial charge in [-0.2, -0.15) is 5.10 Å². The summed E-state index contributed by atoms with van der Waals surface area (Å²) >= 11 is 0. The van der Waals surface area contributed by atoms with Crippen LogP contribution < -0.4 is 0 Å². The Balaban J connectivity index is 1.55. The molecule has 2 aromatic heterocycles. The van der Waals surface area contributed by atoms with Crippen molar-refractivity contribution in [1.82, 2.24) is 15.1 Å². The van der Waals surface area contributed by atoms with E-state index in [1.807, 2.05) is 23.1 Å². The van der Waals surface area contributed by atoms with Gasteiger partial charge in [0, 0.05) is 17.7 Å². The fraction of sp³-hybridized carbons (Fsp3) is 0.529. The normalized spacial score (nSPS) is 18.7. The number of nitrogens with one attached hydrogen (secondary N) is 1. The zero-order chi connectivity index (χ0) is 14.9. The van der Waals surface area contributed by atoms with E-state index in [1.54, 1.807) is 6.26 Å². The quantitative estimate of drug-likeness (QED) is 0.919. The minimum atomic E-state index is 0.0199. The highest BCUT2D eigenvalue weighted by molar-refractivity contribution is 5.92. The topological polar surface area (TPSA) is 62.1 Å². The van der Waals surface area contributed by atoms with Crippen LogP contribution in [0, 0.1) is 0 Å². The Labute approximate surface area is 129 Å². The van der Waals surface area contributed by atoms with Crippen LogP contribution in [0.3, 0.4) is 0 Å². The molecule has 2 aliphatic rings. The molecule has 2 aliphatic carbocycles. The third kappa shape index (κ3) is 2.67. The number of carbonyl (C=O) groups is 1. The van der Waals surface area contributed by atoms with Gasteiger partial charge >= 0.3 is 0 Å². The molecule has 0 atom stereocenters. The number of nitrogens with zero attached hydrogens (tertiary/aromatic N) is 2. The average molecular weight is 299 g/mol. The third-order valence-electron chi connectivity index (χ3n) is 4.77. The second kappa shape index (κ2) is 5.63.